The van der Waals surface area contributed by atoms with Crippen molar-refractivity contribution in [1.82, 2.24) is 5.32 Å². The van der Waals surface area contributed by atoms with E-state index in [-0.39, 0.29) is 11.7 Å². The van der Waals surface area contributed by atoms with Crippen LogP contribution in [0.1, 0.15) is 5.56 Å². The molecule has 0 aromatic heterocycles. The molecule has 3 aromatic rings. The number of carbonyl (C=O) groups excluding carboxylic acids is 1. The number of rotatable bonds is 2. The molecule has 0 saturated carbocycles. The van der Waals surface area contributed by atoms with Gasteiger partial charge in [0.15, 0.2) is 5.17 Å². The van der Waals surface area contributed by atoms with Crippen LogP contribution in [0.3, 0.4) is 0 Å². The maximum atomic E-state index is 12.1. The van der Waals surface area contributed by atoms with Gasteiger partial charge in [0.2, 0.25) is 0 Å². The van der Waals surface area contributed by atoms with Crippen molar-refractivity contribution in [3.8, 4) is 5.75 Å². The number of carbonyl (C=O) groups is 1. The zero-order chi connectivity index (χ0) is 17.2. The molecular formula is C20H14N2O2S. The van der Waals surface area contributed by atoms with Crippen molar-refractivity contribution < 1.29 is 9.90 Å². The molecule has 1 fully saturated rings. The monoisotopic (exact) mass is 346 g/mol. The Morgan fingerprint density at radius 2 is 1.72 bits per heavy atom. The molecule has 2 N–H and O–H groups in total. The predicted octanol–water partition coefficient (Wildman–Crippen LogP) is 4.44. The molecule has 0 spiro atoms. The molecule has 0 aliphatic carbocycles. The van der Waals surface area contributed by atoms with E-state index < -0.39 is 0 Å². The van der Waals surface area contributed by atoms with Crippen LogP contribution in [-0.2, 0) is 4.79 Å². The number of hydrogen-bond donors (Lipinski definition) is 2. The van der Waals surface area contributed by atoms with Gasteiger partial charge in [-0.1, -0.05) is 42.5 Å². The Morgan fingerprint density at radius 1 is 0.960 bits per heavy atom. The van der Waals surface area contributed by atoms with E-state index in [1.54, 1.807) is 30.3 Å². The van der Waals surface area contributed by atoms with Crippen molar-refractivity contribution in [1.29, 1.82) is 0 Å². The molecule has 4 rings (SSSR count). The summed E-state index contributed by atoms with van der Waals surface area (Å²) in [7, 11) is 0. The summed E-state index contributed by atoms with van der Waals surface area (Å²) in [6.07, 6.45) is 1.78. The summed E-state index contributed by atoms with van der Waals surface area (Å²) in [4.78, 5) is 17.2. The fourth-order valence-corrected chi connectivity index (χ4v) is 3.41. The lowest BCUT2D eigenvalue weighted by molar-refractivity contribution is -0.115. The Morgan fingerprint density at radius 3 is 2.52 bits per heavy atom. The average Bonchev–Trinajstić information content (AvgIpc) is 2.96. The van der Waals surface area contributed by atoms with Gasteiger partial charge in [0.25, 0.3) is 5.91 Å². The summed E-state index contributed by atoms with van der Waals surface area (Å²) in [6, 6.07) is 20.7. The van der Waals surface area contributed by atoms with Crippen LogP contribution in [0.5, 0.6) is 5.75 Å². The summed E-state index contributed by atoms with van der Waals surface area (Å²) >= 11 is 1.31. The predicted molar refractivity (Wildman–Crippen MR) is 103 cm³/mol. The molecule has 25 heavy (non-hydrogen) atoms. The molecule has 1 aliphatic rings. The summed E-state index contributed by atoms with van der Waals surface area (Å²) < 4.78 is 0. The first-order chi connectivity index (χ1) is 12.2. The van der Waals surface area contributed by atoms with Gasteiger partial charge in [-0.15, -0.1) is 0 Å². The molecule has 1 saturated heterocycles. The molecule has 0 radical (unpaired) electrons. The molecule has 0 unspecified atom stereocenters. The lowest BCUT2D eigenvalue weighted by Crippen LogP contribution is -2.19. The highest BCUT2D eigenvalue weighted by molar-refractivity contribution is 8.18. The molecule has 0 bridgehead atoms. The summed E-state index contributed by atoms with van der Waals surface area (Å²) in [5.74, 6) is 0.0295. The Hall–Kier alpha value is -3.05. The Bertz CT molecular complexity index is 1020. The van der Waals surface area contributed by atoms with Crippen LogP contribution in [0.4, 0.5) is 5.69 Å². The van der Waals surface area contributed by atoms with Gasteiger partial charge < -0.3 is 10.4 Å². The van der Waals surface area contributed by atoms with E-state index in [0.717, 1.165) is 22.0 Å². The third kappa shape index (κ3) is 3.41. The largest absolute Gasteiger partial charge is 0.508 e. The van der Waals surface area contributed by atoms with Gasteiger partial charge in [0.05, 0.1) is 10.6 Å². The quantitative estimate of drug-likeness (QED) is 0.675. The highest BCUT2D eigenvalue weighted by Gasteiger charge is 2.23. The Kier molecular flexibility index (Phi) is 3.99. The van der Waals surface area contributed by atoms with E-state index in [1.165, 1.54) is 11.8 Å². The van der Waals surface area contributed by atoms with Crippen LogP contribution >= 0.6 is 11.8 Å². The molecule has 1 aliphatic heterocycles. The lowest BCUT2D eigenvalue weighted by atomic mass is 10.1. The lowest BCUT2D eigenvalue weighted by Gasteiger charge is -2.00. The minimum absolute atomic E-state index is 0.169. The number of aromatic hydroxyl groups is 1. The van der Waals surface area contributed by atoms with E-state index in [1.807, 2.05) is 36.4 Å². The molecule has 1 heterocycles. The fourth-order valence-electron chi connectivity index (χ4n) is 2.57. The van der Waals surface area contributed by atoms with Gasteiger partial charge in [-0.2, -0.15) is 0 Å². The minimum Gasteiger partial charge on any atom is -0.508 e. The number of amidine groups is 1. The molecule has 122 valence electrons. The average molecular weight is 346 g/mol. The number of amides is 1. The summed E-state index contributed by atoms with van der Waals surface area (Å²) in [5.41, 5.74) is 1.65. The van der Waals surface area contributed by atoms with E-state index in [0.29, 0.717) is 10.1 Å². The van der Waals surface area contributed by atoms with Crippen LogP contribution in [-0.4, -0.2) is 16.2 Å². The van der Waals surface area contributed by atoms with Crippen LogP contribution in [0.2, 0.25) is 0 Å². The van der Waals surface area contributed by atoms with Crippen molar-refractivity contribution >= 4 is 45.4 Å². The van der Waals surface area contributed by atoms with Gasteiger partial charge in [-0.3, -0.25) is 4.79 Å². The Balaban J connectivity index is 1.60. The van der Waals surface area contributed by atoms with Gasteiger partial charge in [-0.25, -0.2) is 4.99 Å². The van der Waals surface area contributed by atoms with Crippen LogP contribution in [0.15, 0.2) is 76.6 Å². The minimum atomic E-state index is -0.169. The molecular weight excluding hydrogens is 332 g/mol. The Labute approximate surface area is 148 Å². The molecule has 0 atom stereocenters. The zero-order valence-electron chi connectivity index (χ0n) is 13.1. The van der Waals surface area contributed by atoms with Gasteiger partial charge >= 0.3 is 0 Å². The van der Waals surface area contributed by atoms with Gasteiger partial charge in [0.1, 0.15) is 5.75 Å². The standard InChI is InChI=1S/C20H14N2O2S/c23-17-9-5-13(6-10-17)11-18-19(24)22-20(25-18)21-16-8-7-14-3-1-2-4-15(14)12-16/h1-12,23H,(H,21,22,24)/b18-11-. The maximum absolute atomic E-state index is 12.1. The molecule has 1 amide bonds. The summed E-state index contributed by atoms with van der Waals surface area (Å²) in [6.45, 7) is 0. The van der Waals surface area contributed by atoms with Crippen LogP contribution in [0, 0.1) is 0 Å². The highest BCUT2D eigenvalue weighted by Crippen LogP contribution is 2.29. The van der Waals surface area contributed by atoms with Crippen molar-refractivity contribution in [3.63, 3.8) is 0 Å². The first-order valence-corrected chi connectivity index (χ1v) is 8.56. The number of phenolic OH excluding ortho intramolecular Hbond substituents is 1. The number of nitrogens with one attached hydrogen (secondary N) is 1. The first-order valence-electron chi connectivity index (χ1n) is 7.75. The smallest absolute Gasteiger partial charge is 0.264 e. The van der Waals surface area contributed by atoms with Crippen molar-refractivity contribution in [3.05, 3.63) is 77.2 Å². The van der Waals surface area contributed by atoms with Crippen molar-refractivity contribution in [2.75, 3.05) is 0 Å². The molecule has 3 aromatic carbocycles. The number of thioether (sulfide) groups is 1. The summed E-state index contributed by atoms with van der Waals surface area (Å²) in [5, 5.41) is 14.9. The number of hydrogen-bond acceptors (Lipinski definition) is 4. The van der Waals surface area contributed by atoms with E-state index in [4.69, 9.17) is 0 Å². The second-order valence-corrected chi connectivity index (χ2v) is 6.64. The normalized spacial score (nSPS) is 17.4. The van der Waals surface area contributed by atoms with E-state index in [9.17, 15) is 9.90 Å². The highest BCUT2D eigenvalue weighted by atomic mass is 32.2. The topological polar surface area (TPSA) is 61.7 Å². The van der Waals surface area contributed by atoms with Crippen molar-refractivity contribution in [2.24, 2.45) is 4.99 Å². The number of nitrogens with zero attached hydrogens (tertiary/aromatic N) is 1. The van der Waals surface area contributed by atoms with Crippen LogP contribution in [0.25, 0.3) is 16.8 Å². The van der Waals surface area contributed by atoms with Crippen LogP contribution < -0.4 is 5.32 Å². The van der Waals surface area contributed by atoms with Gasteiger partial charge in [-0.05, 0) is 58.4 Å². The number of aliphatic imine (C=N–C) groups is 1. The van der Waals surface area contributed by atoms with Crippen molar-refractivity contribution in [2.45, 2.75) is 0 Å². The number of benzene rings is 3. The third-order valence-electron chi connectivity index (χ3n) is 3.81. The molecule has 4 nitrogen and oxygen atoms in total. The SMILES string of the molecule is O=C1NC(=Nc2ccc3ccccc3c2)S/C1=C\c1ccc(O)cc1. The first kappa shape index (κ1) is 15.5. The number of phenols is 1. The maximum Gasteiger partial charge on any atom is 0.264 e. The zero-order valence-corrected chi connectivity index (χ0v) is 14.0. The molecule has 5 heteroatoms. The fraction of sp³-hybridized carbons (Fsp3) is 0. The number of fused-ring (bicyclic) bond motifs is 1. The van der Waals surface area contributed by atoms with Gasteiger partial charge in [0, 0.05) is 0 Å². The van der Waals surface area contributed by atoms with E-state index >= 15 is 0 Å². The second-order valence-electron chi connectivity index (χ2n) is 5.60. The van der Waals surface area contributed by atoms with E-state index in [2.05, 4.69) is 16.4 Å². The second kappa shape index (κ2) is 6.45. The third-order valence-corrected chi connectivity index (χ3v) is 4.72.